The molecule has 2 aromatic heterocycles. The van der Waals surface area contributed by atoms with Crippen LogP contribution in [-0.4, -0.2) is 21.1 Å². The number of para-hydroxylation sites is 1. The number of benzene rings is 1. The summed E-state index contributed by atoms with van der Waals surface area (Å²) in [6, 6.07) is 9.31. The van der Waals surface area contributed by atoms with Gasteiger partial charge in [-0.25, -0.2) is 0 Å². The maximum atomic E-state index is 12.4. The van der Waals surface area contributed by atoms with Crippen LogP contribution >= 0.6 is 0 Å². The molecule has 0 radical (unpaired) electrons. The van der Waals surface area contributed by atoms with Crippen LogP contribution in [0.3, 0.4) is 0 Å². The summed E-state index contributed by atoms with van der Waals surface area (Å²) in [4.78, 5) is 16.7. The highest BCUT2D eigenvalue weighted by Crippen LogP contribution is 2.20. The summed E-state index contributed by atoms with van der Waals surface area (Å²) in [5.74, 6) is -0.156. The molecule has 0 saturated heterocycles. The lowest BCUT2D eigenvalue weighted by Gasteiger charge is -2.07. The van der Waals surface area contributed by atoms with E-state index in [1.807, 2.05) is 38.1 Å². The van der Waals surface area contributed by atoms with E-state index in [-0.39, 0.29) is 5.91 Å². The van der Waals surface area contributed by atoms with Crippen molar-refractivity contribution in [2.75, 3.05) is 5.32 Å². The summed E-state index contributed by atoms with van der Waals surface area (Å²) in [6.07, 6.45) is 1.65. The molecule has 2 N–H and O–H groups in total. The Bertz CT molecular complexity index is 767. The number of anilines is 1. The average Bonchev–Trinajstić information content (AvgIpc) is 2.78. The van der Waals surface area contributed by atoms with E-state index >= 15 is 0 Å². The minimum atomic E-state index is -0.156. The van der Waals surface area contributed by atoms with E-state index in [0.717, 1.165) is 28.0 Å². The lowest BCUT2D eigenvalue weighted by atomic mass is 10.1. The average molecular weight is 266 g/mol. The lowest BCUT2D eigenvalue weighted by molar-refractivity contribution is 0.102. The van der Waals surface area contributed by atoms with Gasteiger partial charge in [0.25, 0.3) is 5.91 Å². The van der Waals surface area contributed by atoms with Gasteiger partial charge in [-0.05, 0) is 26.0 Å². The molecular weight excluding hydrogens is 252 g/mol. The Labute approximate surface area is 116 Å². The third-order valence-electron chi connectivity index (χ3n) is 3.26. The van der Waals surface area contributed by atoms with Gasteiger partial charge >= 0.3 is 0 Å². The highest BCUT2D eigenvalue weighted by Gasteiger charge is 2.14. The number of nitrogens with zero attached hydrogens (tertiary/aromatic N) is 2. The van der Waals surface area contributed by atoms with Crippen molar-refractivity contribution in [3.05, 3.63) is 53.5 Å². The van der Waals surface area contributed by atoms with Crippen molar-refractivity contribution in [1.82, 2.24) is 15.2 Å². The molecule has 0 aliphatic rings. The van der Waals surface area contributed by atoms with Crippen LogP contribution in [-0.2, 0) is 0 Å². The molecule has 1 aromatic carbocycles. The fraction of sp³-hybridized carbons (Fsp3) is 0.133. The van der Waals surface area contributed by atoms with Gasteiger partial charge in [0.05, 0.1) is 28.2 Å². The van der Waals surface area contributed by atoms with Crippen LogP contribution in [0.25, 0.3) is 10.9 Å². The number of amides is 1. The molecule has 3 aromatic rings. The van der Waals surface area contributed by atoms with Crippen molar-refractivity contribution in [2.45, 2.75) is 13.8 Å². The second kappa shape index (κ2) is 4.77. The van der Waals surface area contributed by atoms with Crippen LogP contribution in [0.1, 0.15) is 21.7 Å². The number of hydrogen-bond donors (Lipinski definition) is 2. The Kier molecular flexibility index (Phi) is 2.95. The highest BCUT2D eigenvalue weighted by atomic mass is 16.1. The molecule has 5 nitrogen and oxygen atoms in total. The highest BCUT2D eigenvalue weighted by molar-refractivity contribution is 6.12. The van der Waals surface area contributed by atoms with Crippen LogP contribution in [0.2, 0.25) is 0 Å². The molecule has 2 heterocycles. The van der Waals surface area contributed by atoms with E-state index in [2.05, 4.69) is 20.5 Å². The molecule has 5 heteroatoms. The molecule has 3 rings (SSSR count). The molecule has 0 spiro atoms. The summed E-state index contributed by atoms with van der Waals surface area (Å²) in [7, 11) is 0. The zero-order chi connectivity index (χ0) is 14.1. The molecule has 0 aliphatic heterocycles. The minimum absolute atomic E-state index is 0.156. The van der Waals surface area contributed by atoms with Gasteiger partial charge in [-0.15, -0.1) is 0 Å². The Morgan fingerprint density at radius 3 is 2.75 bits per heavy atom. The normalized spacial score (nSPS) is 10.7. The quantitative estimate of drug-likeness (QED) is 0.749. The Morgan fingerprint density at radius 1 is 1.20 bits per heavy atom. The third-order valence-corrected chi connectivity index (χ3v) is 3.26. The number of aromatic amines is 1. The van der Waals surface area contributed by atoms with Crippen molar-refractivity contribution >= 4 is 22.5 Å². The van der Waals surface area contributed by atoms with Gasteiger partial charge in [0, 0.05) is 11.6 Å². The van der Waals surface area contributed by atoms with Gasteiger partial charge in [-0.3, -0.25) is 14.9 Å². The summed E-state index contributed by atoms with van der Waals surface area (Å²) >= 11 is 0. The standard InChI is InChI=1S/C15H14N4O/c1-9-14(10(2)19-18-9)17-15(20)12-7-8-16-13-6-4-3-5-11(12)13/h3-8H,1-2H3,(H,17,20)(H,18,19). The summed E-state index contributed by atoms with van der Waals surface area (Å²) in [6.45, 7) is 3.73. The predicted octanol–water partition coefficient (Wildman–Crippen LogP) is 2.83. The fourth-order valence-electron chi connectivity index (χ4n) is 2.21. The van der Waals surface area contributed by atoms with Crippen molar-refractivity contribution in [3.63, 3.8) is 0 Å². The van der Waals surface area contributed by atoms with E-state index in [0.29, 0.717) is 5.56 Å². The molecule has 0 fully saturated rings. The number of pyridine rings is 1. The van der Waals surface area contributed by atoms with Crippen molar-refractivity contribution < 1.29 is 4.79 Å². The number of carbonyl (C=O) groups excluding carboxylic acids is 1. The number of hydrogen-bond acceptors (Lipinski definition) is 3. The largest absolute Gasteiger partial charge is 0.319 e. The third kappa shape index (κ3) is 2.03. The molecular formula is C15H14N4O. The smallest absolute Gasteiger partial charge is 0.256 e. The van der Waals surface area contributed by atoms with Gasteiger partial charge in [0.2, 0.25) is 0 Å². The summed E-state index contributed by atoms with van der Waals surface area (Å²) in [5.41, 5.74) is 3.76. The first kappa shape index (κ1) is 12.3. The monoisotopic (exact) mass is 266 g/mol. The zero-order valence-corrected chi connectivity index (χ0v) is 11.3. The zero-order valence-electron chi connectivity index (χ0n) is 11.3. The molecule has 20 heavy (non-hydrogen) atoms. The number of H-pyrrole nitrogens is 1. The predicted molar refractivity (Wildman–Crippen MR) is 77.8 cm³/mol. The van der Waals surface area contributed by atoms with Crippen molar-refractivity contribution in [2.24, 2.45) is 0 Å². The summed E-state index contributed by atoms with van der Waals surface area (Å²) in [5, 5.41) is 10.7. The van der Waals surface area contributed by atoms with Crippen LogP contribution in [0.5, 0.6) is 0 Å². The SMILES string of the molecule is Cc1n[nH]c(C)c1NC(=O)c1ccnc2ccccc12. The number of rotatable bonds is 2. The van der Waals surface area contributed by atoms with Crippen LogP contribution in [0.15, 0.2) is 36.5 Å². The van der Waals surface area contributed by atoms with Crippen LogP contribution in [0, 0.1) is 13.8 Å². The van der Waals surface area contributed by atoms with Crippen molar-refractivity contribution in [3.8, 4) is 0 Å². The lowest BCUT2D eigenvalue weighted by Crippen LogP contribution is -2.13. The number of aromatic nitrogens is 3. The van der Waals surface area contributed by atoms with Crippen LogP contribution in [0.4, 0.5) is 5.69 Å². The maximum absolute atomic E-state index is 12.4. The van der Waals surface area contributed by atoms with Gasteiger partial charge < -0.3 is 5.32 Å². The van der Waals surface area contributed by atoms with Gasteiger partial charge in [-0.2, -0.15) is 5.10 Å². The second-order valence-corrected chi connectivity index (χ2v) is 4.64. The first-order valence-electron chi connectivity index (χ1n) is 6.33. The number of fused-ring (bicyclic) bond motifs is 1. The molecule has 0 bridgehead atoms. The van der Waals surface area contributed by atoms with E-state index in [4.69, 9.17) is 0 Å². The van der Waals surface area contributed by atoms with Crippen molar-refractivity contribution in [1.29, 1.82) is 0 Å². The number of aryl methyl sites for hydroxylation is 2. The van der Waals surface area contributed by atoms with E-state index < -0.39 is 0 Å². The Balaban J connectivity index is 2.01. The van der Waals surface area contributed by atoms with E-state index in [1.54, 1.807) is 12.3 Å². The maximum Gasteiger partial charge on any atom is 0.256 e. The molecule has 0 atom stereocenters. The first-order valence-corrected chi connectivity index (χ1v) is 6.33. The van der Waals surface area contributed by atoms with Gasteiger partial charge in [-0.1, -0.05) is 18.2 Å². The fourth-order valence-corrected chi connectivity index (χ4v) is 2.21. The molecule has 1 amide bonds. The minimum Gasteiger partial charge on any atom is -0.319 e. The Morgan fingerprint density at radius 2 is 2.00 bits per heavy atom. The first-order chi connectivity index (χ1) is 9.66. The van der Waals surface area contributed by atoms with E-state index in [9.17, 15) is 4.79 Å². The van der Waals surface area contributed by atoms with E-state index in [1.165, 1.54) is 0 Å². The van der Waals surface area contributed by atoms with Gasteiger partial charge in [0.1, 0.15) is 0 Å². The van der Waals surface area contributed by atoms with Crippen LogP contribution < -0.4 is 5.32 Å². The van der Waals surface area contributed by atoms with Gasteiger partial charge in [0.15, 0.2) is 0 Å². The summed E-state index contributed by atoms with van der Waals surface area (Å²) < 4.78 is 0. The molecule has 100 valence electrons. The molecule has 0 unspecified atom stereocenters. The second-order valence-electron chi connectivity index (χ2n) is 4.64. The number of carbonyl (C=O) groups is 1. The topological polar surface area (TPSA) is 70.7 Å². The molecule has 0 aliphatic carbocycles. The molecule has 0 saturated carbocycles. The number of nitrogens with one attached hydrogen (secondary N) is 2. The Hall–Kier alpha value is -2.69.